The zero-order valence-electron chi connectivity index (χ0n) is 17.8. The zero-order chi connectivity index (χ0) is 22.5. The van der Waals surface area contributed by atoms with E-state index in [-0.39, 0.29) is 18.0 Å². The Kier molecular flexibility index (Phi) is 6.51. The Morgan fingerprint density at radius 2 is 1.88 bits per heavy atom. The normalized spacial score (nSPS) is 10.8. The third-order valence-electron chi connectivity index (χ3n) is 5.14. The van der Waals surface area contributed by atoms with Gasteiger partial charge in [0.25, 0.3) is 5.56 Å². The summed E-state index contributed by atoms with van der Waals surface area (Å²) in [6, 6.07) is 15.4. The number of hydrogen-bond donors (Lipinski definition) is 1. The van der Waals surface area contributed by atoms with Crippen LogP contribution in [0.2, 0.25) is 0 Å². The van der Waals surface area contributed by atoms with Crippen LogP contribution in [0, 0.1) is 0 Å². The summed E-state index contributed by atoms with van der Waals surface area (Å²) in [5.74, 6) is 1.06. The van der Waals surface area contributed by atoms with Gasteiger partial charge in [0.2, 0.25) is 5.91 Å². The Bertz CT molecular complexity index is 1300. The molecule has 164 valence electrons. The number of benzene rings is 2. The Morgan fingerprint density at radius 3 is 2.62 bits per heavy atom. The maximum absolute atomic E-state index is 13.1. The van der Waals surface area contributed by atoms with Crippen LogP contribution in [0.4, 0.5) is 0 Å². The number of carbonyl (C=O) groups excluding carboxylic acids is 1. The number of rotatable bonds is 8. The number of carbonyl (C=O) groups is 1. The fraction of sp³-hybridized carbons (Fsp3) is 0.208. The minimum Gasteiger partial charge on any atom is -0.493 e. The van der Waals surface area contributed by atoms with Crippen molar-refractivity contribution in [2.24, 2.45) is 0 Å². The number of amides is 1. The quantitative estimate of drug-likeness (QED) is 0.445. The highest BCUT2D eigenvalue weighted by Gasteiger charge is 2.14. The van der Waals surface area contributed by atoms with E-state index in [0.717, 1.165) is 16.7 Å². The van der Waals surface area contributed by atoms with E-state index in [1.54, 1.807) is 14.2 Å². The van der Waals surface area contributed by atoms with Crippen molar-refractivity contribution in [1.82, 2.24) is 14.9 Å². The molecule has 0 spiro atoms. The molecule has 0 fully saturated rings. The Balaban J connectivity index is 1.44. The first-order chi connectivity index (χ1) is 15.6. The summed E-state index contributed by atoms with van der Waals surface area (Å²) in [4.78, 5) is 30.6. The fourth-order valence-electron chi connectivity index (χ4n) is 3.50. The van der Waals surface area contributed by atoms with Crippen molar-refractivity contribution in [3.8, 4) is 22.6 Å². The molecule has 0 bridgehead atoms. The molecule has 32 heavy (non-hydrogen) atoms. The molecule has 2 aromatic heterocycles. The van der Waals surface area contributed by atoms with Crippen LogP contribution in [0.15, 0.2) is 65.0 Å². The van der Waals surface area contributed by atoms with E-state index in [0.29, 0.717) is 34.7 Å². The molecule has 4 aromatic rings. The molecular weight excluding hydrogens is 426 g/mol. The van der Waals surface area contributed by atoms with Gasteiger partial charge in [0, 0.05) is 17.5 Å². The van der Waals surface area contributed by atoms with E-state index >= 15 is 0 Å². The average Bonchev–Trinajstić information content (AvgIpc) is 3.26. The van der Waals surface area contributed by atoms with Crippen molar-refractivity contribution < 1.29 is 14.3 Å². The highest BCUT2D eigenvalue weighted by atomic mass is 32.1. The first-order valence-electron chi connectivity index (χ1n) is 10.1. The van der Waals surface area contributed by atoms with Crippen molar-refractivity contribution >= 4 is 27.5 Å². The fourth-order valence-corrected chi connectivity index (χ4v) is 4.41. The average molecular weight is 450 g/mol. The maximum Gasteiger partial charge on any atom is 0.263 e. The molecule has 0 atom stereocenters. The second-order valence-corrected chi connectivity index (χ2v) is 8.02. The van der Waals surface area contributed by atoms with Gasteiger partial charge in [0.15, 0.2) is 11.5 Å². The van der Waals surface area contributed by atoms with Gasteiger partial charge < -0.3 is 14.8 Å². The zero-order valence-corrected chi connectivity index (χ0v) is 18.6. The molecule has 8 heteroatoms. The second kappa shape index (κ2) is 9.65. The number of thiophene rings is 1. The van der Waals surface area contributed by atoms with Crippen LogP contribution in [-0.4, -0.2) is 36.2 Å². The molecule has 2 heterocycles. The van der Waals surface area contributed by atoms with Gasteiger partial charge in [0.05, 0.1) is 25.9 Å². The molecule has 2 aromatic carbocycles. The lowest BCUT2D eigenvalue weighted by atomic mass is 10.1. The van der Waals surface area contributed by atoms with Crippen molar-refractivity contribution in [1.29, 1.82) is 0 Å². The number of fused-ring (bicyclic) bond motifs is 1. The van der Waals surface area contributed by atoms with Crippen molar-refractivity contribution in [2.45, 2.75) is 13.0 Å². The van der Waals surface area contributed by atoms with Gasteiger partial charge in [-0.25, -0.2) is 4.98 Å². The Hall–Kier alpha value is -3.65. The van der Waals surface area contributed by atoms with Gasteiger partial charge in [-0.15, -0.1) is 11.3 Å². The topological polar surface area (TPSA) is 82.5 Å². The molecule has 1 amide bonds. The molecule has 0 aliphatic heterocycles. The standard InChI is InChI=1S/C24H23N3O4S/c1-30-19-9-8-16(12-20(19)31-2)10-11-25-21(28)13-27-15-26-23-22(24(27)29)18(14-32-23)17-6-4-3-5-7-17/h3-9,12,14-15H,10-11,13H2,1-2H3,(H,25,28). The number of methoxy groups -OCH3 is 2. The highest BCUT2D eigenvalue weighted by molar-refractivity contribution is 7.17. The van der Waals surface area contributed by atoms with Crippen LogP contribution in [0.3, 0.4) is 0 Å². The lowest BCUT2D eigenvalue weighted by Crippen LogP contribution is -2.33. The predicted molar refractivity (Wildman–Crippen MR) is 126 cm³/mol. The van der Waals surface area contributed by atoms with Crippen molar-refractivity contribution in [3.63, 3.8) is 0 Å². The van der Waals surface area contributed by atoms with E-state index < -0.39 is 0 Å². The molecule has 0 radical (unpaired) electrons. The minimum absolute atomic E-state index is 0.0855. The highest BCUT2D eigenvalue weighted by Crippen LogP contribution is 2.30. The van der Waals surface area contributed by atoms with Crippen LogP contribution < -0.4 is 20.3 Å². The molecule has 0 aliphatic carbocycles. The predicted octanol–water partition coefficient (Wildman–Crippen LogP) is 3.50. The molecule has 0 aliphatic rings. The van der Waals surface area contributed by atoms with Crippen LogP contribution in [0.1, 0.15) is 5.56 Å². The molecule has 0 saturated heterocycles. The number of hydrogen-bond acceptors (Lipinski definition) is 6. The van der Waals surface area contributed by atoms with Gasteiger partial charge >= 0.3 is 0 Å². The minimum atomic E-state index is -0.245. The molecule has 7 nitrogen and oxygen atoms in total. The number of nitrogens with zero attached hydrogens (tertiary/aromatic N) is 2. The number of nitrogens with one attached hydrogen (secondary N) is 1. The molecule has 0 unspecified atom stereocenters. The van der Waals surface area contributed by atoms with E-state index in [1.807, 2.05) is 53.9 Å². The van der Waals surface area contributed by atoms with Gasteiger partial charge in [-0.2, -0.15) is 0 Å². The smallest absolute Gasteiger partial charge is 0.263 e. The number of ether oxygens (including phenoxy) is 2. The third-order valence-corrected chi connectivity index (χ3v) is 6.03. The summed E-state index contributed by atoms with van der Waals surface area (Å²) in [5.41, 5.74) is 2.58. The van der Waals surface area contributed by atoms with Crippen LogP contribution in [-0.2, 0) is 17.8 Å². The first-order valence-corrected chi connectivity index (χ1v) is 11.0. The van der Waals surface area contributed by atoms with Crippen molar-refractivity contribution in [3.05, 3.63) is 76.2 Å². The van der Waals surface area contributed by atoms with Crippen LogP contribution >= 0.6 is 11.3 Å². The van der Waals surface area contributed by atoms with E-state index in [9.17, 15) is 9.59 Å². The lowest BCUT2D eigenvalue weighted by Gasteiger charge is -2.10. The largest absolute Gasteiger partial charge is 0.493 e. The summed E-state index contributed by atoms with van der Waals surface area (Å²) < 4.78 is 11.9. The Morgan fingerprint density at radius 1 is 1.09 bits per heavy atom. The molecule has 4 rings (SSSR count). The van der Waals surface area contributed by atoms with Gasteiger partial charge in [0.1, 0.15) is 11.4 Å². The summed E-state index contributed by atoms with van der Waals surface area (Å²) in [5, 5.41) is 5.34. The summed E-state index contributed by atoms with van der Waals surface area (Å²) >= 11 is 1.42. The summed E-state index contributed by atoms with van der Waals surface area (Å²) in [7, 11) is 3.17. The Labute approximate surface area is 189 Å². The van der Waals surface area contributed by atoms with Gasteiger partial charge in [-0.3, -0.25) is 14.2 Å². The second-order valence-electron chi connectivity index (χ2n) is 7.16. The SMILES string of the molecule is COc1ccc(CCNC(=O)Cn2cnc3scc(-c4ccccc4)c3c2=O)cc1OC. The van der Waals surface area contributed by atoms with Crippen LogP contribution in [0.25, 0.3) is 21.3 Å². The first kappa shape index (κ1) is 21.6. The maximum atomic E-state index is 13.1. The van der Waals surface area contributed by atoms with Gasteiger partial charge in [-0.1, -0.05) is 36.4 Å². The lowest BCUT2D eigenvalue weighted by molar-refractivity contribution is -0.121. The molecule has 1 N–H and O–H groups in total. The molecule has 0 saturated carbocycles. The van der Waals surface area contributed by atoms with E-state index in [1.165, 1.54) is 22.2 Å². The monoisotopic (exact) mass is 449 g/mol. The summed E-state index contributed by atoms with van der Waals surface area (Å²) in [6.07, 6.45) is 2.06. The van der Waals surface area contributed by atoms with Crippen LogP contribution in [0.5, 0.6) is 11.5 Å². The van der Waals surface area contributed by atoms with Gasteiger partial charge in [-0.05, 0) is 29.7 Å². The molecular formula is C24H23N3O4S. The number of aromatic nitrogens is 2. The van der Waals surface area contributed by atoms with Crippen molar-refractivity contribution in [2.75, 3.05) is 20.8 Å². The summed E-state index contributed by atoms with van der Waals surface area (Å²) in [6.45, 7) is 0.351. The van der Waals surface area contributed by atoms with E-state index in [4.69, 9.17) is 9.47 Å². The third kappa shape index (κ3) is 4.50. The van der Waals surface area contributed by atoms with E-state index in [2.05, 4.69) is 10.3 Å².